The van der Waals surface area contributed by atoms with Crippen LogP contribution in [0.4, 0.5) is 19.0 Å². The van der Waals surface area contributed by atoms with E-state index in [1.165, 1.54) is 17.8 Å². The molecule has 29 heavy (non-hydrogen) atoms. The van der Waals surface area contributed by atoms with E-state index in [0.717, 1.165) is 17.8 Å². The molecule has 0 aliphatic carbocycles. The van der Waals surface area contributed by atoms with Crippen LogP contribution >= 0.6 is 11.8 Å². The molecule has 0 unspecified atom stereocenters. The first-order valence-electron chi connectivity index (χ1n) is 8.99. The molecule has 0 spiro atoms. The normalized spacial score (nSPS) is 14.6. The number of nitrogens with zero attached hydrogens (tertiary/aromatic N) is 4. The van der Waals surface area contributed by atoms with Gasteiger partial charge in [0.05, 0.1) is 22.9 Å². The SMILES string of the molecule is N#Cc1ccc(CSCC(=O)N2CCN(c3ccc(C(F)(F)F)cn3)CC2)cc1. The summed E-state index contributed by atoms with van der Waals surface area (Å²) < 4.78 is 37.9. The second-order valence-electron chi connectivity index (χ2n) is 6.57. The van der Waals surface area contributed by atoms with Gasteiger partial charge in [0.25, 0.3) is 0 Å². The van der Waals surface area contributed by atoms with Crippen LogP contribution in [0, 0.1) is 11.3 Å². The van der Waals surface area contributed by atoms with Crippen LogP contribution in [0.2, 0.25) is 0 Å². The van der Waals surface area contributed by atoms with Gasteiger partial charge >= 0.3 is 6.18 Å². The summed E-state index contributed by atoms with van der Waals surface area (Å²) in [5, 5.41) is 8.80. The molecule has 0 atom stereocenters. The van der Waals surface area contributed by atoms with Gasteiger partial charge in [-0.2, -0.15) is 18.4 Å². The maximum Gasteiger partial charge on any atom is 0.417 e. The van der Waals surface area contributed by atoms with Gasteiger partial charge < -0.3 is 9.80 Å². The van der Waals surface area contributed by atoms with E-state index in [1.807, 2.05) is 17.0 Å². The van der Waals surface area contributed by atoms with Crippen LogP contribution < -0.4 is 4.90 Å². The Bertz CT molecular complexity index is 871. The predicted molar refractivity (Wildman–Crippen MR) is 105 cm³/mol. The van der Waals surface area contributed by atoms with E-state index >= 15 is 0 Å². The van der Waals surface area contributed by atoms with Gasteiger partial charge in [-0.1, -0.05) is 12.1 Å². The molecule has 0 radical (unpaired) electrons. The third-order valence-electron chi connectivity index (χ3n) is 4.61. The number of hydrogen-bond donors (Lipinski definition) is 0. The average Bonchev–Trinajstić information content (AvgIpc) is 2.74. The van der Waals surface area contributed by atoms with Gasteiger partial charge in [-0.25, -0.2) is 4.98 Å². The van der Waals surface area contributed by atoms with Gasteiger partial charge in [-0.15, -0.1) is 11.8 Å². The zero-order chi connectivity index (χ0) is 20.9. The number of alkyl halides is 3. The smallest absolute Gasteiger partial charge is 0.353 e. The number of anilines is 1. The zero-order valence-corrected chi connectivity index (χ0v) is 16.3. The number of nitriles is 1. The van der Waals surface area contributed by atoms with Crippen LogP contribution in [0.15, 0.2) is 42.6 Å². The van der Waals surface area contributed by atoms with Crippen molar-refractivity contribution >= 4 is 23.5 Å². The minimum absolute atomic E-state index is 0.0451. The third-order valence-corrected chi connectivity index (χ3v) is 5.60. The molecule has 1 aromatic heterocycles. The lowest BCUT2D eigenvalue weighted by atomic mass is 10.2. The lowest BCUT2D eigenvalue weighted by molar-refractivity contribution is -0.137. The molecule has 0 N–H and O–H groups in total. The van der Waals surface area contributed by atoms with E-state index < -0.39 is 11.7 Å². The van der Waals surface area contributed by atoms with Crippen LogP contribution in [0.3, 0.4) is 0 Å². The van der Waals surface area contributed by atoms with Crippen LogP contribution in [-0.2, 0) is 16.7 Å². The number of rotatable bonds is 5. The van der Waals surface area contributed by atoms with Crippen LogP contribution in [0.1, 0.15) is 16.7 Å². The van der Waals surface area contributed by atoms with E-state index in [9.17, 15) is 18.0 Å². The Kier molecular flexibility index (Phi) is 6.64. The second-order valence-corrected chi connectivity index (χ2v) is 7.56. The first kappa shape index (κ1) is 21.0. The molecule has 152 valence electrons. The molecular formula is C20H19F3N4OS. The number of thioether (sulfide) groups is 1. The van der Waals surface area contributed by atoms with Gasteiger partial charge in [0.15, 0.2) is 0 Å². The van der Waals surface area contributed by atoms with Crippen LogP contribution in [-0.4, -0.2) is 47.7 Å². The summed E-state index contributed by atoms with van der Waals surface area (Å²) in [6.07, 6.45) is -3.56. The highest BCUT2D eigenvalue weighted by Gasteiger charge is 2.31. The molecule has 0 saturated carbocycles. The highest BCUT2D eigenvalue weighted by molar-refractivity contribution is 7.99. The number of benzene rings is 1. The topological polar surface area (TPSA) is 60.2 Å². The van der Waals surface area contributed by atoms with E-state index in [0.29, 0.717) is 49.1 Å². The molecule has 1 saturated heterocycles. The Hall–Kier alpha value is -2.73. The molecular weight excluding hydrogens is 401 g/mol. The summed E-state index contributed by atoms with van der Waals surface area (Å²) in [6, 6.07) is 11.7. The largest absolute Gasteiger partial charge is 0.417 e. The van der Waals surface area contributed by atoms with Crippen molar-refractivity contribution in [1.29, 1.82) is 5.26 Å². The summed E-state index contributed by atoms with van der Waals surface area (Å²) in [6.45, 7) is 2.09. The monoisotopic (exact) mass is 420 g/mol. The van der Waals surface area contributed by atoms with E-state index in [-0.39, 0.29) is 5.91 Å². The van der Waals surface area contributed by atoms with Gasteiger partial charge in [0, 0.05) is 38.1 Å². The number of pyridine rings is 1. The maximum absolute atomic E-state index is 12.6. The Morgan fingerprint density at radius 3 is 2.34 bits per heavy atom. The van der Waals surface area contributed by atoms with Crippen molar-refractivity contribution in [1.82, 2.24) is 9.88 Å². The van der Waals surface area contributed by atoms with Gasteiger partial charge in [-0.3, -0.25) is 4.79 Å². The summed E-state index contributed by atoms with van der Waals surface area (Å²) >= 11 is 1.52. The molecule has 2 heterocycles. The minimum Gasteiger partial charge on any atom is -0.353 e. The average molecular weight is 420 g/mol. The fourth-order valence-electron chi connectivity index (χ4n) is 2.95. The fourth-order valence-corrected chi connectivity index (χ4v) is 3.84. The highest BCUT2D eigenvalue weighted by atomic mass is 32.2. The Labute approximate surface area is 171 Å². The summed E-state index contributed by atoms with van der Waals surface area (Å²) in [4.78, 5) is 20.0. The molecule has 2 aromatic rings. The molecule has 1 aliphatic rings. The van der Waals surface area contributed by atoms with E-state index in [2.05, 4.69) is 11.1 Å². The standard InChI is InChI=1S/C20H19F3N4OS/c21-20(22,23)17-5-6-18(25-12-17)26-7-9-27(10-8-26)19(28)14-29-13-16-3-1-15(11-24)2-4-16/h1-6,12H,7-10,13-14H2. The second kappa shape index (κ2) is 9.18. The lowest BCUT2D eigenvalue weighted by Crippen LogP contribution is -2.49. The summed E-state index contributed by atoms with van der Waals surface area (Å²) in [5.41, 5.74) is 0.893. The number of amides is 1. The Morgan fingerprint density at radius 1 is 1.10 bits per heavy atom. The number of carbonyl (C=O) groups is 1. The summed E-state index contributed by atoms with van der Waals surface area (Å²) in [7, 11) is 0. The minimum atomic E-state index is -4.40. The number of halogens is 3. The van der Waals surface area contributed by atoms with Crippen LogP contribution in [0.5, 0.6) is 0 Å². The number of hydrogen-bond acceptors (Lipinski definition) is 5. The van der Waals surface area contributed by atoms with E-state index in [1.54, 1.807) is 17.0 Å². The van der Waals surface area contributed by atoms with Gasteiger partial charge in [0.1, 0.15) is 5.82 Å². The molecule has 0 bridgehead atoms. The van der Waals surface area contributed by atoms with Crippen molar-refractivity contribution in [2.75, 3.05) is 36.8 Å². The molecule has 1 aliphatic heterocycles. The molecule has 1 fully saturated rings. The maximum atomic E-state index is 12.6. The third kappa shape index (κ3) is 5.64. The van der Waals surface area contributed by atoms with Gasteiger partial charge in [-0.05, 0) is 29.8 Å². The molecule has 3 rings (SSSR count). The first-order chi connectivity index (χ1) is 13.9. The first-order valence-corrected chi connectivity index (χ1v) is 10.1. The molecule has 1 aromatic carbocycles. The van der Waals surface area contributed by atoms with Crippen molar-refractivity contribution in [3.05, 3.63) is 59.3 Å². The Balaban J connectivity index is 1.43. The number of aromatic nitrogens is 1. The lowest BCUT2D eigenvalue weighted by Gasteiger charge is -2.35. The van der Waals surface area contributed by atoms with Crippen molar-refractivity contribution in [3.63, 3.8) is 0 Å². The Morgan fingerprint density at radius 2 is 1.79 bits per heavy atom. The van der Waals surface area contributed by atoms with Crippen molar-refractivity contribution in [3.8, 4) is 6.07 Å². The van der Waals surface area contributed by atoms with E-state index in [4.69, 9.17) is 5.26 Å². The number of carbonyl (C=O) groups excluding carboxylic acids is 1. The van der Waals surface area contributed by atoms with Crippen LogP contribution in [0.25, 0.3) is 0 Å². The number of piperazine rings is 1. The molecule has 5 nitrogen and oxygen atoms in total. The zero-order valence-electron chi connectivity index (χ0n) is 15.5. The summed E-state index contributed by atoms with van der Waals surface area (Å²) in [5.74, 6) is 1.58. The van der Waals surface area contributed by atoms with Crippen molar-refractivity contribution < 1.29 is 18.0 Å². The van der Waals surface area contributed by atoms with Gasteiger partial charge in [0.2, 0.25) is 5.91 Å². The highest BCUT2D eigenvalue weighted by Crippen LogP contribution is 2.29. The fraction of sp³-hybridized carbons (Fsp3) is 0.350. The van der Waals surface area contributed by atoms with Crippen molar-refractivity contribution in [2.24, 2.45) is 0 Å². The quantitative estimate of drug-likeness (QED) is 0.740. The molecule has 1 amide bonds. The van der Waals surface area contributed by atoms with Crippen molar-refractivity contribution in [2.45, 2.75) is 11.9 Å². The predicted octanol–water partition coefficient (Wildman–Crippen LogP) is 3.55. The molecule has 9 heteroatoms.